The van der Waals surface area contributed by atoms with Gasteiger partial charge in [0.1, 0.15) is 5.75 Å². The van der Waals surface area contributed by atoms with Crippen molar-refractivity contribution in [3.63, 3.8) is 0 Å². The Kier molecular flexibility index (Phi) is 3.05. The van der Waals surface area contributed by atoms with E-state index in [9.17, 15) is 0 Å². The maximum atomic E-state index is 5.37. The van der Waals surface area contributed by atoms with Crippen LogP contribution < -0.4 is 4.74 Å². The molecular weight excluding hydrogens is 204 g/mol. The number of benzene rings is 1. The van der Waals surface area contributed by atoms with Crippen LogP contribution in [0.15, 0.2) is 30.6 Å². The Labute approximate surface area is 93.5 Å². The van der Waals surface area contributed by atoms with Crippen molar-refractivity contribution in [1.29, 1.82) is 0 Å². The van der Waals surface area contributed by atoms with Gasteiger partial charge in [0.25, 0.3) is 0 Å². The Bertz CT molecular complexity index is 441. The Balaban J connectivity index is 2.11. The van der Waals surface area contributed by atoms with E-state index in [-0.39, 0.29) is 6.01 Å². The molecule has 0 bridgehead atoms. The van der Waals surface area contributed by atoms with Crippen LogP contribution in [0.25, 0.3) is 0 Å². The van der Waals surface area contributed by atoms with Gasteiger partial charge >= 0.3 is 6.01 Å². The first-order chi connectivity index (χ1) is 7.75. The summed E-state index contributed by atoms with van der Waals surface area (Å²) in [6.07, 6.45) is 1.26. The molecule has 2 aromatic rings. The number of hydrogen-bond acceptors (Lipinski definition) is 5. The second-order valence-corrected chi connectivity index (χ2v) is 3.65. The highest BCUT2D eigenvalue weighted by atomic mass is 16.5. The molecule has 82 valence electrons. The maximum absolute atomic E-state index is 5.37. The minimum absolute atomic E-state index is 0.153. The quantitative estimate of drug-likeness (QED) is 0.786. The lowest BCUT2D eigenvalue weighted by atomic mass is 10.0. The lowest BCUT2D eigenvalue weighted by Gasteiger charge is -2.06. The van der Waals surface area contributed by atoms with E-state index in [1.165, 1.54) is 11.9 Å². The predicted molar refractivity (Wildman–Crippen MR) is 58.2 cm³/mol. The fourth-order valence-electron chi connectivity index (χ4n) is 1.26. The summed E-state index contributed by atoms with van der Waals surface area (Å²) in [5.74, 6) is 1.18. The second-order valence-electron chi connectivity index (χ2n) is 3.65. The summed E-state index contributed by atoms with van der Waals surface area (Å²) in [6, 6.07) is 7.95. The normalized spacial score (nSPS) is 10.4. The van der Waals surface area contributed by atoms with Gasteiger partial charge in [-0.1, -0.05) is 36.2 Å². The average Bonchev–Trinajstić information content (AvgIpc) is 2.31. The number of aromatic nitrogens is 4. The molecule has 0 saturated carbocycles. The van der Waals surface area contributed by atoms with Crippen molar-refractivity contribution in [2.45, 2.75) is 19.8 Å². The standard InChI is InChI=1S/C11H12N4O/c1-8(2)9-3-5-10(6-4-9)16-11-14-12-7-13-15-11/h3-8H,1-2H3. The molecule has 0 atom stereocenters. The Morgan fingerprint density at radius 2 is 1.62 bits per heavy atom. The van der Waals surface area contributed by atoms with Gasteiger partial charge in [-0.25, -0.2) is 0 Å². The third kappa shape index (κ3) is 2.50. The van der Waals surface area contributed by atoms with Gasteiger partial charge < -0.3 is 4.74 Å². The van der Waals surface area contributed by atoms with E-state index >= 15 is 0 Å². The molecule has 0 radical (unpaired) electrons. The molecular formula is C11H12N4O. The average molecular weight is 216 g/mol. The van der Waals surface area contributed by atoms with Crippen molar-refractivity contribution in [2.24, 2.45) is 0 Å². The van der Waals surface area contributed by atoms with Crippen molar-refractivity contribution in [3.05, 3.63) is 36.2 Å². The molecule has 5 heteroatoms. The van der Waals surface area contributed by atoms with E-state index in [1.807, 2.05) is 24.3 Å². The van der Waals surface area contributed by atoms with Gasteiger partial charge in [-0.15, -0.1) is 10.2 Å². The van der Waals surface area contributed by atoms with Crippen molar-refractivity contribution < 1.29 is 4.74 Å². The third-order valence-corrected chi connectivity index (χ3v) is 2.15. The van der Waals surface area contributed by atoms with Gasteiger partial charge in [-0.2, -0.15) is 0 Å². The summed E-state index contributed by atoms with van der Waals surface area (Å²) in [7, 11) is 0. The Morgan fingerprint density at radius 3 is 2.19 bits per heavy atom. The van der Waals surface area contributed by atoms with Crippen LogP contribution in [-0.4, -0.2) is 20.4 Å². The molecule has 2 rings (SSSR count). The molecule has 1 heterocycles. The number of rotatable bonds is 3. The van der Waals surface area contributed by atoms with Crippen LogP contribution in [-0.2, 0) is 0 Å². The Morgan fingerprint density at radius 1 is 1.00 bits per heavy atom. The van der Waals surface area contributed by atoms with E-state index in [1.54, 1.807) is 0 Å². The lowest BCUT2D eigenvalue weighted by molar-refractivity contribution is 0.422. The first-order valence-corrected chi connectivity index (χ1v) is 5.04. The predicted octanol–water partition coefficient (Wildman–Crippen LogP) is 2.18. The van der Waals surface area contributed by atoms with Crippen LogP contribution >= 0.6 is 0 Å². The summed E-state index contributed by atoms with van der Waals surface area (Å²) < 4.78 is 5.37. The third-order valence-electron chi connectivity index (χ3n) is 2.15. The SMILES string of the molecule is CC(C)c1ccc(Oc2nncnn2)cc1. The van der Waals surface area contributed by atoms with Crippen LogP contribution in [0.2, 0.25) is 0 Å². The summed E-state index contributed by atoms with van der Waals surface area (Å²) >= 11 is 0. The van der Waals surface area contributed by atoms with E-state index in [0.717, 1.165) is 0 Å². The summed E-state index contributed by atoms with van der Waals surface area (Å²) in [4.78, 5) is 0. The zero-order valence-electron chi connectivity index (χ0n) is 9.16. The maximum Gasteiger partial charge on any atom is 0.360 e. The zero-order valence-corrected chi connectivity index (χ0v) is 9.16. The number of ether oxygens (including phenoxy) is 1. The fraction of sp³-hybridized carbons (Fsp3) is 0.273. The molecule has 0 fully saturated rings. The van der Waals surface area contributed by atoms with Crippen LogP contribution in [0.3, 0.4) is 0 Å². The van der Waals surface area contributed by atoms with Crippen LogP contribution in [0.1, 0.15) is 25.3 Å². The number of hydrogen-bond donors (Lipinski definition) is 0. The van der Waals surface area contributed by atoms with Gasteiger partial charge in [0, 0.05) is 0 Å². The van der Waals surface area contributed by atoms with Crippen LogP contribution in [0.5, 0.6) is 11.8 Å². The van der Waals surface area contributed by atoms with Gasteiger partial charge in [0.15, 0.2) is 6.33 Å². The summed E-state index contributed by atoms with van der Waals surface area (Å²) in [6.45, 7) is 4.29. The molecule has 16 heavy (non-hydrogen) atoms. The fourth-order valence-corrected chi connectivity index (χ4v) is 1.26. The molecule has 0 spiro atoms. The monoisotopic (exact) mass is 216 g/mol. The van der Waals surface area contributed by atoms with Gasteiger partial charge in [0.05, 0.1) is 0 Å². The highest BCUT2D eigenvalue weighted by Crippen LogP contribution is 2.20. The lowest BCUT2D eigenvalue weighted by Crippen LogP contribution is -1.95. The topological polar surface area (TPSA) is 60.8 Å². The zero-order chi connectivity index (χ0) is 11.4. The molecule has 1 aromatic heterocycles. The van der Waals surface area contributed by atoms with Gasteiger partial charge in [0.2, 0.25) is 0 Å². The largest absolute Gasteiger partial charge is 0.422 e. The minimum atomic E-state index is 0.153. The highest BCUT2D eigenvalue weighted by Gasteiger charge is 2.02. The van der Waals surface area contributed by atoms with Crippen LogP contribution in [0.4, 0.5) is 0 Å². The molecule has 1 aromatic carbocycles. The molecule has 0 aliphatic rings. The number of nitrogens with zero attached hydrogens (tertiary/aromatic N) is 4. The molecule has 5 nitrogen and oxygen atoms in total. The van der Waals surface area contributed by atoms with Crippen molar-refractivity contribution in [2.75, 3.05) is 0 Å². The summed E-state index contributed by atoms with van der Waals surface area (Å²) in [5, 5.41) is 14.5. The van der Waals surface area contributed by atoms with Crippen molar-refractivity contribution in [1.82, 2.24) is 20.4 Å². The van der Waals surface area contributed by atoms with Crippen molar-refractivity contribution in [3.8, 4) is 11.8 Å². The molecule has 0 aliphatic carbocycles. The molecule has 0 aliphatic heterocycles. The van der Waals surface area contributed by atoms with E-state index < -0.39 is 0 Å². The van der Waals surface area contributed by atoms with Gasteiger partial charge in [-0.05, 0) is 23.6 Å². The Hall–Kier alpha value is -2.04. The first-order valence-electron chi connectivity index (χ1n) is 5.04. The molecule has 0 amide bonds. The molecule has 0 unspecified atom stereocenters. The molecule has 0 saturated heterocycles. The van der Waals surface area contributed by atoms with Crippen molar-refractivity contribution >= 4 is 0 Å². The first kappa shape index (κ1) is 10.5. The van der Waals surface area contributed by atoms with Crippen LogP contribution in [0, 0.1) is 0 Å². The van der Waals surface area contributed by atoms with E-state index in [2.05, 4.69) is 34.2 Å². The smallest absolute Gasteiger partial charge is 0.360 e. The van der Waals surface area contributed by atoms with Gasteiger partial charge in [-0.3, -0.25) is 0 Å². The summed E-state index contributed by atoms with van der Waals surface area (Å²) in [5.41, 5.74) is 1.26. The second kappa shape index (κ2) is 4.65. The highest BCUT2D eigenvalue weighted by molar-refractivity contribution is 5.30. The molecule has 0 N–H and O–H groups in total. The van der Waals surface area contributed by atoms with E-state index in [4.69, 9.17) is 4.74 Å². The van der Waals surface area contributed by atoms with E-state index in [0.29, 0.717) is 11.7 Å². The minimum Gasteiger partial charge on any atom is -0.422 e.